The highest BCUT2D eigenvalue weighted by Crippen LogP contribution is 2.15. The Morgan fingerprint density at radius 1 is 1.28 bits per heavy atom. The number of amides is 1. The molecule has 1 rings (SSSR count). The van der Waals surface area contributed by atoms with Crippen molar-refractivity contribution in [2.75, 3.05) is 20.3 Å². The summed E-state index contributed by atoms with van der Waals surface area (Å²) in [5.74, 6) is -1.38. The fourth-order valence-corrected chi connectivity index (χ4v) is 3.23. The van der Waals surface area contributed by atoms with Crippen LogP contribution in [-0.4, -0.2) is 52.7 Å². The number of nitrogens with one attached hydrogen (secondary N) is 2. The second kappa shape index (κ2) is 9.71. The first-order valence-corrected chi connectivity index (χ1v) is 9.28. The Labute approximate surface area is 151 Å². The second-order valence-corrected chi connectivity index (χ2v) is 7.31. The molecule has 140 valence electrons. The van der Waals surface area contributed by atoms with E-state index in [1.807, 2.05) is 0 Å². The number of rotatable bonds is 9. The van der Waals surface area contributed by atoms with Gasteiger partial charge < -0.3 is 14.8 Å². The van der Waals surface area contributed by atoms with Gasteiger partial charge in [-0.25, -0.2) is 8.42 Å². The van der Waals surface area contributed by atoms with E-state index in [9.17, 15) is 18.0 Å². The van der Waals surface area contributed by atoms with Gasteiger partial charge in [-0.05, 0) is 32.0 Å². The smallest absolute Gasteiger partial charge is 0.324 e. The molecule has 0 saturated carbocycles. The van der Waals surface area contributed by atoms with Gasteiger partial charge in [-0.3, -0.25) is 9.59 Å². The number of esters is 1. The van der Waals surface area contributed by atoms with Crippen molar-refractivity contribution in [3.8, 4) is 0 Å². The first-order chi connectivity index (χ1) is 11.7. The van der Waals surface area contributed by atoms with Gasteiger partial charge in [0.25, 0.3) is 5.91 Å². The van der Waals surface area contributed by atoms with E-state index in [-0.39, 0.29) is 16.5 Å². The van der Waals surface area contributed by atoms with Crippen molar-refractivity contribution in [3.05, 3.63) is 29.3 Å². The molecule has 1 aromatic rings. The predicted molar refractivity (Wildman–Crippen MR) is 91.7 cm³/mol. The van der Waals surface area contributed by atoms with Gasteiger partial charge in [0, 0.05) is 18.7 Å². The SMILES string of the molecule is COCCNC(=O)[C@@H](C)OC(=O)[C@H](C)NS(=O)(=O)c1cccc(Cl)c1. The third kappa shape index (κ3) is 6.99. The largest absolute Gasteiger partial charge is 0.451 e. The number of halogens is 1. The molecule has 10 heteroatoms. The topological polar surface area (TPSA) is 111 Å². The summed E-state index contributed by atoms with van der Waals surface area (Å²) in [6.07, 6.45) is -1.07. The van der Waals surface area contributed by atoms with Crippen molar-refractivity contribution in [1.29, 1.82) is 0 Å². The van der Waals surface area contributed by atoms with E-state index in [0.717, 1.165) is 0 Å². The zero-order chi connectivity index (χ0) is 19.0. The molecule has 0 unspecified atom stereocenters. The number of carbonyl (C=O) groups is 2. The first-order valence-electron chi connectivity index (χ1n) is 7.42. The van der Waals surface area contributed by atoms with Gasteiger partial charge in [0.2, 0.25) is 10.0 Å². The molecule has 0 bridgehead atoms. The van der Waals surface area contributed by atoms with Gasteiger partial charge >= 0.3 is 5.97 Å². The van der Waals surface area contributed by atoms with Crippen molar-refractivity contribution < 1.29 is 27.5 Å². The molecule has 0 heterocycles. The summed E-state index contributed by atoms with van der Waals surface area (Å²) >= 11 is 5.77. The molecule has 0 saturated heterocycles. The van der Waals surface area contributed by atoms with Crippen LogP contribution in [-0.2, 0) is 29.1 Å². The molecule has 2 N–H and O–H groups in total. The Balaban J connectivity index is 2.63. The predicted octanol–water partition coefficient (Wildman–Crippen LogP) is 0.701. The minimum atomic E-state index is -3.95. The number of ether oxygens (including phenoxy) is 2. The van der Waals surface area contributed by atoms with Crippen LogP contribution in [0.25, 0.3) is 0 Å². The van der Waals surface area contributed by atoms with Crippen LogP contribution in [0.5, 0.6) is 0 Å². The highest BCUT2D eigenvalue weighted by molar-refractivity contribution is 7.89. The zero-order valence-electron chi connectivity index (χ0n) is 14.1. The molecular formula is C15H21ClN2O6S. The van der Waals surface area contributed by atoms with E-state index >= 15 is 0 Å². The Kier molecular flexibility index (Phi) is 8.30. The number of benzene rings is 1. The summed E-state index contributed by atoms with van der Waals surface area (Å²) < 4.78 is 36.4. The highest BCUT2D eigenvalue weighted by atomic mass is 35.5. The summed E-state index contributed by atoms with van der Waals surface area (Å²) in [4.78, 5) is 23.6. The van der Waals surface area contributed by atoms with Crippen LogP contribution in [0, 0.1) is 0 Å². The van der Waals surface area contributed by atoms with Crippen LogP contribution in [0.2, 0.25) is 5.02 Å². The third-order valence-corrected chi connectivity index (χ3v) is 4.83. The molecule has 0 aliphatic heterocycles. The Morgan fingerprint density at radius 2 is 1.96 bits per heavy atom. The lowest BCUT2D eigenvalue weighted by Crippen LogP contribution is -2.43. The van der Waals surface area contributed by atoms with Gasteiger partial charge in [0.1, 0.15) is 6.04 Å². The Morgan fingerprint density at radius 3 is 2.56 bits per heavy atom. The average molecular weight is 393 g/mol. The minimum Gasteiger partial charge on any atom is -0.451 e. The van der Waals surface area contributed by atoms with Gasteiger partial charge in [0.15, 0.2) is 6.10 Å². The molecule has 0 aliphatic rings. The maximum atomic E-state index is 12.2. The maximum absolute atomic E-state index is 12.2. The number of sulfonamides is 1. The Bertz CT molecular complexity index is 710. The quantitative estimate of drug-likeness (QED) is 0.472. The van der Waals surface area contributed by atoms with Crippen LogP contribution in [0.1, 0.15) is 13.8 Å². The molecule has 1 aromatic carbocycles. The lowest BCUT2D eigenvalue weighted by atomic mass is 10.3. The first kappa shape index (κ1) is 21.4. The van der Waals surface area contributed by atoms with E-state index in [2.05, 4.69) is 10.0 Å². The maximum Gasteiger partial charge on any atom is 0.324 e. The number of hydrogen-bond acceptors (Lipinski definition) is 6. The van der Waals surface area contributed by atoms with E-state index < -0.39 is 34.0 Å². The Hall–Kier alpha value is -1.68. The van der Waals surface area contributed by atoms with Gasteiger partial charge in [0.05, 0.1) is 11.5 Å². The van der Waals surface area contributed by atoms with Crippen molar-refractivity contribution in [2.45, 2.75) is 30.9 Å². The van der Waals surface area contributed by atoms with Gasteiger partial charge in [-0.15, -0.1) is 0 Å². The van der Waals surface area contributed by atoms with Crippen LogP contribution in [0.15, 0.2) is 29.2 Å². The average Bonchev–Trinajstić information content (AvgIpc) is 2.54. The van der Waals surface area contributed by atoms with Gasteiger partial charge in [-0.2, -0.15) is 4.72 Å². The molecule has 1 amide bonds. The van der Waals surface area contributed by atoms with E-state index in [4.69, 9.17) is 21.1 Å². The second-order valence-electron chi connectivity index (χ2n) is 5.16. The minimum absolute atomic E-state index is 0.0787. The van der Waals surface area contributed by atoms with Crippen LogP contribution in [0.3, 0.4) is 0 Å². The van der Waals surface area contributed by atoms with Crippen LogP contribution < -0.4 is 10.0 Å². The molecule has 2 atom stereocenters. The number of hydrogen-bond donors (Lipinski definition) is 2. The molecule has 0 spiro atoms. The number of carbonyl (C=O) groups excluding carboxylic acids is 2. The molecule has 0 aromatic heterocycles. The third-order valence-electron chi connectivity index (χ3n) is 3.06. The summed E-state index contributed by atoms with van der Waals surface area (Å²) in [5.41, 5.74) is 0. The summed E-state index contributed by atoms with van der Waals surface area (Å²) in [6, 6.07) is 4.43. The van der Waals surface area contributed by atoms with Crippen molar-refractivity contribution in [2.24, 2.45) is 0 Å². The summed E-state index contributed by atoms with van der Waals surface area (Å²) in [7, 11) is -2.46. The van der Waals surface area contributed by atoms with E-state index in [1.54, 1.807) is 0 Å². The monoisotopic (exact) mass is 392 g/mol. The molecule has 0 fully saturated rings. The van der Waals surface area contributed by atoms with E-state index in [1.165, 1.54) is 45.2 Å². The lowest BCUT2D eigenvalue weighted by Gasteiger charge is -2.17. The fourth-order valence-electron chi connectivity index (χ4n) is 1.73. The fraction of sp³-hybridized carbons (Fsp3) is 0.467. The van der Waals surface area contributed by atoms with Crippen molar-refractivity contribution in [3.63, 3.8) is 0 Å². The van der Waals surface area contributed by atoms with E-state index in [0.29, 0.717) is 6.61 Å². The molecule has 0 aliphatic carbocycles. The standard InChI is InChI=1S/C15H21ClN2O6S/c1-10(15(20)24-11(2)14(19)17-7-8-23-3)18-25(21,22)13-6-4-5-12(16)9-13/h4-6,9-11,18H,7-8H2,1-3H3,(H,17,19)/t10-,11+/m0/s1. The molecular weight excluding hydrogens is 372 g/mol. The van der Waals surface area contributed by atoms with Crippen molar-refractivity contribution >= 4 is 33.5 Å². The molecule has 8 nitrogen and oxygen atoms in total. The van der Waals surface area contributed by atoms with Gasteiger partial charge in [-0.1, -0.05) is 17.7 Å². The lowest BCUT2D eigenvalue weighted by molar-refractivity contribution is -0.156. The van der Waals surface area contributed by atoms with Crippen LogP contribution >= 0.6 is 11.6 Å². The number of methoxy groups -OCH3 is 1. The normalized spacial score (nSPS) is 13.8. The van der Waals surface area contributed by atoms with Crippen molar-refractivity contribution in [1.82, 2.24) is 10.0 Å². The molecule has 0 radical (unpaired) electrons. The highest BCUT2D eigenvalue weighted by Gasteiger charge is 2.26. The summed E-state index contributed by atoms with van der Waals surface area (Å²) in [6.45, 7) is 3.30. The summed E-state index contributed by atoms with van der Waals surface area (Å²) in [5, 5.41) is 2.76. The molecule has 25 heavy (non-hydrogen) atoms. The zero-order valence-corrected chi connectivity index (χ0v) is 15.7. The van der Waals surface area contributed by atoms with Crippen LogP contribution in [0.4, 0.5) is 0 Å².